The minimum atomic E-state index is 0.306. The third-order valence-electron chi connectivity index (χ3n) is 2.58. The van der Waals surface area contributed by atoms with Crippen LogP contribution in [0.5, 0.6) is 5.75 Å². The van der Waals surface area contributed by atoms with E-state index in [1.165, 1.54) is 18.2 Å². The van der Waals surface area contributed by atoms with Crippen LogP contribution in [0.3, 0.4) is 0 Å². The van der Waals surface area contributed by atoms with Crippen LogP contribution in [0.2, 0.25) is 5.02 Å². The molecule has 1 aromatic carbocycles. The van der Waals surface area contributed by atoms with Crippen LogP contribution in [0.25, 0.3) is 0 Å². The van der Waals surface area contributed by atoms with Gasteiger partial charge in [-0.1, -0.05) is 30.8 Å². The smallest absolute Gasteiger partial charge is 0.124 e. The van der Waals surface area contributed by atoms with E-state index in [9.17, 15) is 4.91 Å². The summed E-state index contributed by atoms with van der Waals surface area (Å²) < 4.78 is 5.21. The predicted octanol–water partition coefficient (Wildman–Crippen LogP) is 4.29. The Morgan fingerprint density at radius 1 is 1.48 bits per heavy atom. The fourth-order valence-corrected chi connectivity index (χ4v) is 1.79. The summed E-state index contributed by atoms with van der Waals surface area (Å²) in [5.74, 6) is 0.715. The lowest BCUT2D eigenvalue weighted by Crippen LogP contribution is -2.11. The Kier molecular flexibility index (Phi) is 10.0. The van der Waals surface area contributed by atoms with Gasteiger partial charge in [-0.15, -0.1) is 4.91 Å². The molecular formula is C17H20ClN3O2. The van der Waals surface area contributed by atoms with Crippen molar-refractivity contribution in [3.8, 4) is 11.8 Å². The Balaban J connectivity index is 0.000000515. The Bertz CT molecular complexity index is 621. The highest BCUT2D eigenvalue weighted by atomic mass is 35.5. The van der Waals surface area contributed by atoms with Gasteiger partial charge in [-0.2, -0.15) is 5.26 Å². The third kappa shape index (κ3) is 7.41. The summed E-state index contributed by atoms with van der Waals surface area (Å²) in [5, 5.41) is 11.9. The number of halogens is 1. The minimum Gasteiger partial charge on any atom is -0.496 e. The molecule has 0 spiro atoms. The monoisotopic (exact) mass is 333 g/mol. The molecule has 0 aromatic heterocycles. The van der Waals surface area contributed by atoms with Crippen LogP contribution in [0.15, 0.2) is 54.4 Å². The van der Waals surface area contributed by atoms with E-state index in [0.717, 1.165) is 12.1 Å². The van der Waals surface area contributed by atoms with E-state index in [-0.39, 0.29) is 0 Å². The summed E-state index contributed by atoms with van der Waals surface area (Å²) in [7, 11) is 5.51. The van der Waals surface area contributed by atoms with Crippen molar-refractivity contribution in [3.05, 3.63) is 70.3 Å². The maximum atomic E-state index is 9.69. The second-order valence-corrected chi connectivity index (χ2v) is 5.02. The average Bonchev–Trinajstić information content (AvgIpc) is 2.53. The van der Waals surface area contributed by atoms with E-state index in [4.69, 9.17) is 21.6 Å². The Morgan fingerprint density at radius 3 is 2.48 bits per heavy atom. The van der Waals surface area contributed by atoms with Gasteiger partial charge in [0.1, 0.15) is 17.5 Å². The van der Waals surface area contributed by atoms with Gasteiger partial charge < -0.3 is 9.64 Å². The number of hydrogen-bond donors (Lipinski definition) is 0. The van der Waals surface area contributed by atoms with Gasteiger partial charge in [0.2, 0.25) is 0 Å². The van der Waals surface area contributed by atoms with Crippen LogP contribution < -0.4 is 4.74 Å². The van der Waals surface area contributed by atoms with Crippen molar-refractivity contribution in [2.45, 2.75) is 6.54 Å². The highest BCUT2D eigenvalue weighted by Gasteiger charge is 2.09. The maximum Gasteiger partial charge on any atom is 0.124 e. The summed E-state index contributed by atoms with van der Waals surface area (Å²) in [6.07, 6.45) is 4.34. The van der Waals surface area contributed by atoms with Crippen molar-refractivity contribution in [2.24, 2.45) is 5.18 Å². The molecule has 0 radical (unpaired) electrons. The van der Waals surface area contributed by atoms with Crippen LogP contribution in [0, 0.1) is 16.2 Å². The molecule has 6 heteroatoms. The minimum absolute atomic E-state index is 0.306. The largest absolute Gasteiger partial charge is 0.496 e. The van der Waals surface area contributed by atoms with Crippen molar-refractivity contribution in [1.29, 1.82) is 5.26 Å². The maximum absolute atomic E-state index is 9.69. The molecule has 0 fully saturated rings. The van der Waals surface area contributed by atoms with Crippen molar-refractivity contribution < 1.29 is 4.74 Å². The second kappa shape index (κ2) is 11.2. The van der Waals surface area contributed by atoms with Crippen LogP contribution >= 0.6 is 11.6 Å². The van der Waals surface area contributed by atoms with E-state index in [1.807, 2.05) is 19.0 Å². The van der Waals surface area contributed by atoms with Gasteiger partial charge in [0.05, 0.1) is 17.7 Å². The number of methoxy groups -OCH3 is 1. The molecule has 0 unspecified atom stereocenters. The molecular weight excluding hydrogens is 314 g/mol. The van der Waals surface area contributed by atoms with Gasteiger partial charge >= 0.3 is 0 Å². The molecule has 0 aliphatic heterocycles. The molecule has 23 heavy (non-hydrogen) atoms. The van der Waals surface area contributed by atoms with E-state index in [0.29, 0.717) is 22.0 Å². The van der Waals surface area contributed by atoms with Gasteiger partial charge in [0.15, 0.2) is 0 Å². The van der Waals surface area contributed by atoms with Crippen molar-refractivity contribution in [1.82, 2.24) is 4.90 Å². The SMILES string of the molecule is C=C/C=C(\C=C)N=O.COc1cc(Cl)c(C#N)cc1CN(C)C. The molecule has 0 saturated heterocycles. The first-order valence-electron chi connectivity index (χ1n) is 6.63. The van der Waals surface area contributed by atoms with Gasteiger partial charge in [-0.25, -0.2) is 0 Å². The first kappa shape index (κ1) is 20.6. The first-order valence-corrected chi connectivity index (χ1v) is 7.01. The lowest BCUT2D eigenvalue weighted by Gasteiger charge is -2.14. The summed E-state index contributed by atoms with van der Waals surface area (Å²) in [5.41, 5.74) is 1.75. The summed E-state index contributed by atoms with van der Waals surface area (Å²) >= 11 is 5.90. The molecule has 5 nitrogen and oxygen atoms in total. The second-order valence-electron chi connectivity index (χ2n) is 4.62. The quantitative estimate of drug-likeness (QED) is 0.575. The Hall–Kier alpha value is -2.42. The number of nitroso groups, excluding NO2 is 1. The van der Waals surface area contributed by atoms with Crippen molar-refractivity contribution in [3.63, 3.8) is 0 Å². The molecule has 0 aliphatic carbocycles. The Morgan fingerprint density at radius 2 is 2.13 bits per heavy atom. The van der Waals surface area contributed by atoms with Crippen molar-refractivity contribution >= 4 is 11.6 Å². The highest BCUT2D eigenvalue weighted by Crippen LogP contribution is 2.27. The van der Waals surface area contributed by atoms with Crippen LogP contribution in [0.1, 0.15) is 11.1 Å². The number of nitriles is 1. The van der Waals surface area contributed by atoms with E-state index in [1.54, 1.807) is 19.2 Å². The van der Waals surface area contributed by atoms with E-state index >= 15 is 0 Å². The zero-order valence-corrected chi connectivity index (χ0v) is 14.3. The number of benzene rings is 1. The van der Waals surface area contributed by atoms with Crippen molar-refractivity contribution in [2.75, 3.05) is 21.2 Å². The molecule has 0 aliphatic rings. The molecule has 0 N–H and O–H groups in total. The number of nitrogens with zero attached hydrogens (tertiary/aromatic N) is 3. The molecule has 1 aromatic rings. The van der Waals surface area contributed by atoms with Gasteiger partial charge in [0, 0.05) is 18.2 Å². The lowest BCUT2D eigenvalue weighted by molar-refractivity contribution is 0.372. The molecule has 122 valence electrons. The fraction of sp³-hybridized carbons (Fsp3) is 0.235. The third-order valence-corrected chi connectivity index (χ3v) is 2.89. The number of ether oxygens (including phenoxy) is 1. The number of rotatable bonds is 6. The fourth-order valence-electron chi connectivity index (χ4n) is 1.60. The standard InChI is InChI=1S/C11H13ClN2O.C6H7NO/c1-14(2)7-9-4-8(6-13)10(12)5-11(9)15-3;1-3-5-6(4-2)7-8/h4-5H,7H2,1-3H3;3-5H,1-2H2/b;6-5+. The molecule has 0 amide bonds. The van der Waals surface area contributed by atoms with Crippen LogP contribution in [-0.4, -0.2) is 26.1 Å². The van der Waals surface area contributed by atoms with Crippen LogP contribution in [-0.2, 0) is 6.54 Å². The molecule has 0 bridgehead atoms. The average molecular weight is 334 g/mol. The van der Waals surface area contributed by atoms with E-state index in [2.05, 4.69) is 24.4 Å². The number of allylic oxidation sites excluding steroid dienone is 3. The zero-order valence-electron chi connectivity index (χ0n) is 13.5. The summed E-state index contributed by atoms with van der Waals surface area (Å²) in [6, 6.07) is 5.50. The topological polar surface area (TPSA) is 65.7 Å². The van der Waals surface area contributed by atoms with E-state index < -0.39 is 0 Å². The highest BCUT2D eigenvalue weighted by molar-refractivity contribution is 6.31. The molecule has 0 heterocycles. The number of hydrogen-bond acceptors (Lipinski definition) is 5. The predicted molar refractivity (Wildman–Crippen MR) is 94.4 cm³/mol. The van der Waals surface area contributed by atoms with Gasteiger partial charge in [0.25, 0.3) is 0 Å². The summed E-state index contributed by atoms with van der Waals surface area (Å²) in [6.45, 7) is 7.43. The molecule has 0 atom stereocenters. The normalized spacial score (nSPS) is 10.2. The molecule has 1 rings (SSSR count). The summed E-state index contributed by atoms with van der Waals surface area (Å²) in [4.78, 5) is 11.7. The van der Waals surface area contributed by atoms with Gasteiger partial charge in [-0.3, -0.25) is 0 Å². The molecule has 0 saturated carbocycles. The lowest BCUT2D eigenvalue weighted by atomic mass is 10.1. The van der Waals surface area contributed by atoms with Crippen LogP contribution in [0.4, 0.5) is 0 Å². The first-order chi connectivity index (χ1) is 10.9. The van der Waals surface area contributed by atoms with Gasteiger partial charge in [-0.05, 0) is 37.5 Å². The zero-order chi connectivity index (χ0) is 17.8. The Labute approximate surface area is 142 Å².